The van der Waals surface area contributed by atoms with E-state index in [1.54, 1.807) is 6.92 Å². The zero-order chi connectivity index (χ0) is 14.8. The van der Waals surface area contributed by atoms with E-state index in [0.29, 0.717) is 0 Å². The van der Waals surface area contributed by atoms with E-state index in [9.17, 15) is 17.2 Å². The topological polar surface area (TPSA) is 76.9 Å². The van der Waals surface area contributed by atoms with Crippen molar-refractivity contribution < 1.29 is 17.2 Å². The fourth-order valence-corrected chi connectivity index (χ4v) is 2.99. The van der Waals surface area contributed by atoms with Gasteiger partial charge < -0.3 is 0 Å². The van der Waals surface area contributed by atoms with Gasteiger partial charge in [-0.1, -0.05) is 6.07 Å². The van der Waals surface area contributed by atoms with Crippen LogP contribution in [-0.4, -0.2) is 29.2 Å². The van der Waals surface area contributed by atoms with Gasteiger partial charge in [-0.25, -0.2) is 26.9 Å². The summed E-state index contributed by atoms with van der Waals surface area (Å²) in [5.74, 6) is -2.61. The summed E-state index contributed by atoms with van der Waals surface area (Å²) in [6, 6.07) is 2.43. The number of nitrogens with zero attached hydrogens (tertiary/aromatic N) is 3. The lowest BCUT2D eigenvalue weighted by molar-refractivity contribution is 0.472. The molecule has 0 unspecified atom stereocenters. The quantitative estimate of drug-likeness (QED) is 0.891. The highest BCUT2D eigenvalue weighted by atomic mass is 32.2. The van der Waals surface area contributed by atoms with Gasteiger partial charge in [-0.15, -0.1) is 0 Å². The van der Waals surface area contributed by atoms with E-state index in [4.69, 9.17) is 0 Å². The first-order chi connectivity index (χ1) is 9.40. The monoisotopic (exact) mass is 302 g/mol. The van der Waals surface area contributed by atoms with Gasteiger partial charge in [0.15, 0.2) is 11.6 Å². The Morgan fingerprint density at radius 3 is 2.80 bits per heavy atom. The molecule has 0 saturated heterocycles. The highest BCUT2D eigenvalue weighted by Gasteiger charge is 2.23. The third-order valence-electron chi connectivity index (χ3n) is 2.49. The third kappa shape index (κ3) is 3.17. The van der Waals surface area contributed by atoms with E-state index >= 15 is 0 Å². The van der Waals surface area contributed by atoms with Crippen molar-refractivity contribution in [3.05, 3.63) is 42.5 Å². The first kappa shape index (κ1) is 14.5. The van der Waals surface area contributed by atoms with E-state index in [1.165, 1.54) is 17.3 Å². The Morgan fingerprint density at radius 1 is 1.40 bits per heavy atom. The lowest BCUT2D eigenvalue weighted by Crippen LogP contribution is -2.36. The molecular weight excluding hydrogens is 290 g/mol. The fourth-order valence-electron chi connectivity index (χ4n) is 1.66. The first-order valence-corrected chi connectivity index (χ1v) is 7.17. The van der Waals surface area contributed by atoms with Crippen LogP contribution in [0, 0.1) is 11.6 Å². The molecular formula is C11H12F2N4O2S. The Labute approximate surface area is 114 Å². The van der Waals surface area contributed by atoms with Crippen LogP contribution in [0.2, 0.25) is 0 Å². The predicted octanol–water partition coefficient (Wildman–Crippen LogP) is 0.923. The van der Waals surface area contributed by atoms with E-state index in [2.05, 4.69) is 14.8 Å². The van der Waals surface area contributed by atoms with Crippen molar-refractivity contribution in [2.24, 2.45) is 0 Å². The molecule has 0 spiro atoms. The molecule has 0 bridgehead atoms. The molecule has 0 aliphatic heterocycles. The number of hydrogen-bond donors (Lipinski definition) is 1. The summed E-state index contributed by atoms with van der Waals surface area (Å²) < 4.78 is 54.2. The predicted molar refractivity (Wildman–Crippen MR) is 66.2 cm³/mol. The maximum Gasteiger partial charge on any atom is 0.243 e. The molecule has 1 N–H and O–H groups in total. The summed E-state index contributed by atoms with van der Waals surface area (Å²) >= 11 is 0. The van der Waals surface area contributed by atoms with Crippen molar-refractivity contribution in [3.8, 4) is 0 Å². The molecule has 0 aliphatic rings. The van der Waals surface area contributed by atoms with Crippen LogP contribution in [0.4, 0.5) is 8.78 Å². The van der Waals surface area contributed by atoms with Gasteiger partial charge in [0.25, 0.3) is 0 Å². The SMILES string of the molecule is C[C@H](Cn1cncn1)NS(=O)(=O)c1cccc(F)c1F. The largest absolute Gasteiger partial charge is 0.251 e. The van der Waals surface area contributed by atoms with Crippen LogP contribution in [-0.2, 0) is 16.6 Å². The minimum Gasteiger partial charge on any atom is -0.251 e. The molecule has 1 aromatic carbocycles. The molecule has 1 aromatic heterocycles. The first-order valence-electron chi connectivity index (χ1n) is 5.69. The highest BCUT2D eigenvalue weighted by Crippen LogP contribution is 2.17. The van der Waals surface area contributed by atoms with Gasteiger partial charge in [-0.3, -0.25) is 4.68 Å². The maximum absolute atomic E-state index is 13.5. The number of benzene rings is 1. The average Bonchev–Trinajstić information content (AvgIpc) is 2.84. The Balaban J connectivity index is 2.16. The molecule has 108 valence electrons. The van der Waals surface area contributed by atoms with Crippen LogP contribution >= 0.6 is 0 Å². The van der Waals surface area contributed by atoms with Gasteiger partial charge >= 0.3 is 0 Å². The number of hydrogen-bond acceptors (Lipinski definition) is 4. The molecule has 1 atom stereocenters. The van der Waals surface area contributed by atoms with Crippen molar-refractivity contribution in [1.82, 2.24) is 19.5 Å². The fraction of sp³-hybridized carbons (Fsp3) is 0.273. The van der Waals surface area contributed by atoms with Crippen LogP contribution in [0.1, 0.15) is 6.92 Å². The van der Waals surface area contributed by atoms with Crippen LogP contribution in [0.25, 0.3) is 0 Å². The van der Waals surface area contributed by atoms with Gasteiger partial charge in [-0.2, -0.15) is 5.10 Å². The molecule has 0 aliphatic carbocycles. The molecule has 0 radical (unpaired) electrons. The third-order valence-corrected chi connectivity index (χ3v) is 4.10. The van der Waals surface area contributed by atoms with Crippen molar-refractivity contribution in [3.63, 3.8) is 0 Å². The molecule has 0 fully saturated rings. The Morgan fingerprint density at radius 2 is 2.15 bits per heavy atom. The number of rotatable bonds is 5. The molecule has 20 heavy (non-hydrogen) atoms. The molecule has 0 amide bonds. The maximum atomic E-state index is 13.5. The molecule has 0 saturated carbocycles. The summed E-state index contributed by atoms with van der Waals surface area (Å²) in [5, 5.41) is 3.83. The average molecular weight is 302 g/mol. The second-order valence-electron chi connectivity index (χ2n) is 4.19. The summed E-state index contributed by atoms with van der Waals surface area (Å²) in [4.78, 5) is 3.00. The lowest BCUT2D eigenvalue weighted by atomic mass is 10.3. The molecule has 6 nitrogen and oxygen atoms in total. The molecule has 9 heteroatoms. The summed E-state index contributed by atoms with van der Waals surface area (Å²) in [6.07, 6.45) is 2.74. The standard InChI is InChI=1S/C11H12F2N4O2S/c1-8(5-17-7-14-6-15-17)16-20(18,19)10-4-2-3-9(12)11(10)13/h2-4,6-8,16H,5H2,1H3/t8-/m1/s1. The normalized spacial score (nSPS) is 13.3. The van der Waals surface area contributed by atoms with Crippen LogP contribution in [0.15, 0.2) is 35.7 Å². The highest BCUT2D eigenvalue weighted by molar-refractivity contribution is 7.89. The summed E-state index contributed by atoms with van der Waals surface area (Å²) in [5.41, 5.74) is 0. The van der Waals surface area contributed by atoms with Crippen LogP contribution < -0.4 is 4.72 Å². The molecule has 2 rings (SSSR count). The Hall–Kier alpha value is -1.87. The van der Waals surface area contributed by atoms with Crippen LogP contribution in [0.3, 0.4) is 0 Å². The van der Waals surface area contributed by atoms with Gasteiger partial charge in [0.05, 0.1) is 6.54 Å². The minimum atomic E-state index is -4.14. The number of halogens is 2. The second-order valence-corrected chi connectivity index (χ2v) is 5.87. The minimum absolute atomic E-state index is 0.218. The summed E-state index contributed by atoms with van der Waals surface area (Å²) in [7, 11) is -4.14. The van der Waals surface area contributed by atoms with Gasteiger partial charge in [0.2, 0.25) is 10.0 Å². The summed E-state index contributed by atoms with van der Waals surface area (Å²) in [6.45, 7) is 1.80. The zero-order valence-electron chi connectivity index (χ0n) is 10.5. The number of aromatic nitrogens is 3. The van der Waals surface area contributed by atoms with E-state index in [1.807, 2.05) is 0 Å². The van der Waals surface area contributed by atoms with Crippen molar-refractivity contribution in [2.45, 2.75) is 24.4 Å². The molecule has 1 heterocycles. The molecule has 2 aromatic rings. The van der Waals surface area contributed by atoms with E-state index < -0.39 is 32.6 Å². The number of nitrogens with one attached hydrogen (secondary N) is 1. The van der Waals surface area contributed by atoms with Crippen molar-refractivity contribution in [2.75, 3.05) is 0 Å². The zero-order valence-corrected chi connectivity index (χ0v) is 11.3. The van der Waals surface area contributed by atoms with Gasteiger partial charge in [-0.05, 0) is 19.1 Å². The van der Waals surface area contributed by atoms with Crippen LogP contribution in [0.5, 0.6) is 0 Å². The second kappa shape index (κ2) is 5.63. The van der Waals surface area contributed by atoms with E-state index in [-0.39, 0.29) is 6.54 Å². The van der Waals surface area contributed by atoms with Gasteiger partial charge in [0.1, 0.15) is 17.6 Å². The lowest BCUT2D eigenvalue weighted by Gasteiger charge is -2.14. The van der Waals surface area contributed by atoms with Crippen molar-refractivity contribution >= 4 is 10.0 Å². The Kier molecular flexibility index (Phi) is 4.09. The van der Waals surface area contributed by atoms with Gasteiger partial charge in [0, 0.05) is 6.04 Å². The van der Waals surface area contributed by atoms with Crippen molar-refractivity contribution in [1.29, 1.82) is 0 Å². The Bertz CT molecular complexity index is 688. The van der Waals surface area contributed by atoms with E-state index in [0.717, 1.165) is 18.2 Å². The number of sulfonamides is 1. The smallest absolute Gasteiger partial charge is 0.243 e.